The molecule has 0 saturated carbocycles. The van der Waals surface area contributed by atoms with Crippen molar-refractivity contribution in [3.05, 3.63) is 18.2 Å². The molecule has 5 heteroatoms. The van der Waals surface area contributed by atoms with Gasteiger partial charge < -0.3 is 15.4 Å². The Morgan fingerprint density at radius 3 is 2.86 bits per heavy atom. The fourth-order valence-electron chi connectivity index (χ4n) is 1.27. The van der Waals surface area contributed by atoms with Gasteiger partial charge in [-0.1, -0.05) is 13.8 Å². The van der Waals surface area contributed by atoms with E-state index in [1.165, 1.54) is 0 Å². The number of hydrogen-bond donors (Lipinski definition) is 2. The number of carboxylic acids is 1. The third-order valence-electron chi connectivity index (χ3n) is 1.97. The van der Waals surface area contributed by atoms with Crippen LogP contribution in [0.15, 0.2) is 12.4 Å². The van der Waals surface area contributed by atoms with Crippen molar-refractivity contribution in [2.75, 3.05) is 0 Å². The van der Waals surface area contributed by atoms with Crippen LogP contribution in [-0.4, -0.2) is 26.7 Å². The minimum absolute atomic E-state index is 0.267. The SMILES string of the molecule is CC(C)c1nccn1CC(N)C(=O)O. The largest absolute Gasteiger partial charge is 0.480 e. The van der Waals surface area contributed by atoms with Crippen LogP contribution in [0.5, 0.6) is 0 Å². The topological polar surface area (TPSA) is 81.1 Å². The fourth-order valence-corrected chi connectivity index (χ4v) is 1.27. The first-order valence-electron chi connectivity index (χ1n) is 4.51. The Kier molecular flexibility index (Phi) is 3.24. The molecule has 0 aliphatic heterocycles. The summed E-state index contributed by atoms with van der Waals surface area (Å²) in [6.07, 6.45) is 3.40. The lowest BCUT2D eigenvalue weighted by atomic mass is 10.2. The Morgan fingerprint density at radius 1 is 1.71 bits per heavy atom. The van der Waals surface area contributed by atoms with Gasteiger partial charge in [0, 0.05) is 24.9 Å². The summed E-state index contributed by atoms with van der Waals surface area (Å²) in [5.41, 5.74) is 5.43. The average Bonchev–Trinajstić information content (AvgIpc) is 2.52. The van der Waals surface area contributed by atoms with Crippen LogP contribution in [0.4, 0.5) is 0 Å². The first-order valence-corrected chi connectivity index (χ1v) is 4.51. The molecule has 0 aromatic carbocycles. The normalized spacial score (nSPS) is 13.1. The van der Waals surface area contributed by atoms with Gasteiger partial charge in [0.15, 0.2) is 0 Å². The lowest BCUT2D eigenvalue weighted by Gasteiger charge is -2.12. The monoisotopic (exact) mass is 197 g/mol. The van der Waals surface area contributed by atoms with Crippen LogP contribution < -0.4 is 5.73 Å². The fraction of sp³-hybridized carbons (Fsp3) is 0.556. The lowest BCUT2D eigenvalue weighted by molar-refractivity contribution is -0.138. The Morgan fingerprint density at radius 2 is 2.36 bits per heavy atom. The Labute approximate surface area is 82.6 Å². The predicted octanol–water partition coefficient (Wildman–Crippen LogP) is 0.418. The molecule has 1 atom stereocenters. The summed E-state index contributed by atoms with van der Waals surface area (Å²) in [5, 5.41) is 8.65. The molecule has 0 amide bonds. The molecular weight excluding hydrogens is 182 g/mol. The van der Waals surface area contributed by atoms with Gasteiger partial charge in [0.05, 0.1) is 0 Å². The molecule has 0 fully saturated rings. The number of hydrogen-bond acceptors (Lipinski definition) is 3. The van der Waals surface area contributed by atoms with Gasteiger partial charge >= 0.3 is 5.97 Å². The van der Waals surface area contributed by atoms with E-state index in [2.05, 4.69) is 4.98 Å². The number of aliphatic carboxylic acids is 1. The lowest BCUT2D eigenvalue weighted by Crippen LogP contribution is -2.35. The third-order valence-corrected chi connectivity index (χ3v) is 1.97. The Bertz CT molecular complexity index is 320. The molecule has 3 N–H and O–H groups in total. The van der Waals surface area contributed by atoms with Crippen LogP contribution in [-0.2, 0) is 11.3 Å². The molecule has 1 unspecified atom stereocenters. The molecule has 0 radical (unpaired) electrons. The molecule has 14 heavy (non-hydrogen) atoms. The Balaban J connectivity index is 2.76. The molecule has 1 rings (SSSR count). The first kappa shape index (κ1) is 10.7. The summed E-state index contributed by atoms with van der Waals surface area (Å²) in [6, 6.07) is -0.873. The molecule has 78 valence electrons. The number of rotatable bonds is 4. The first-order chi connectivity index (χ1) is 6.52. The second-order valence-electron chi connectivity index (χ2n) is 3.54. The molecule has 0 spiro atoms. The highest BCUT2D eigenvalue weighted by atomic mass is 16.4. The molecule has 0 aliphatic rings. The number of nitrogens with two attached hydrogens (primary N) is 1. The predicted molar refractivity (Wildman–Crippen MR) is 51.9 cm³/mol. The van der Waals surface area contributed by atoms with Gasteiger partial charge in [-0.3, -0.25) is 4.79 Å². The van der Waals surface area contributed by atoms with E-state index in [9.17, 15) is 4.79 Å². The van der Waals surface area contributed by atoms with Gasteiger partial charge in [0.1, 0.15) is 11.9 Å². The minimum atomic E-state index is -0.992. The molecule has 1 aromatic rings. The smallest absolute Gasteiger partial charge is 0.322 e. The summed E-state index contributed by atoms with van der Waals surface area (Å²) in [4.78, 5) is 14.7. The van der Waals surface area contributed by atoms with E-state index < -0.39 is 12.0 Å². The molecule has 1 heterocycles. The van der Waals surface area contributed by atoms with Crippen LogP contribution in [0.2, 0.25) is 0 Å². The summed E-state index contributed by atoms with van der Waals surface area (Å²) >= 11 is 0. The zero-order valence-corrected chi connectivity index (χ0v) is 8.34. The van der Waals surface area contributed by atoms with E-state index in [0.717, 1.165) is 5.82 Å². The van der Waals surface area contributed by atoms with E-state index in [-0.39, 0.29) is 12.5 Å². The van der Waals surface area contributed by atoms with Gasteiger partial charge in [-0.25, -0.2) is 4.98 Å². The summed E-state index contributed by atoms with van der Waals surface area (Å²) in [6.45, 7) is 4.28. The van der Waals surface area contributed by atoms with Crippen LogP contribution in [0.3, 0.4) is 0 Å². The second-order valence-corrected chi connectivity index (χ2v) is 3.54. The maximum Gasteiger partial charge on any atom is 0.322 e. The highest BCUT2D eigenvalue weighted by Gasteiger charge is 2.15. The van der Waals surface area contributed by atoms with E-state index in [4.69, 9.17) is 10.8 Å². The summed E-state index contributed by atoms with van der Waals surface area (Å²) in [7, 11) is 0. The standard InChI is InChI=1S/C9H15N3O2/c1-6(2)8-11-3-4-12(8)5-7(10)9(13)14/h3-4,6-7H,5,10H2,1-2H3,(H,13,14). The van der Waals surface area contributed by atoms with E-state index >= 15 is 0 Å². The molecule has 0 aliphatic carbocycles. The quantitative estimate of drug-likeness (QED) is 0.732. The van der Waals surface area contributed by atoms with E-state index in [1.54, 1.807) is 17.0 Å². The van der Waals surface area contributed by atoms with Crippen molar-refractivity contribution in [2.24, 2.45) is 5.73 Å². The maximum atomic E-state index is 10.5. The van der Waals surface area contributed by atoms with Crippen LogP contribution in [0, 0.1) is 0 Å². The van der Waals surface area contributed by atoms with Crippen molar-refractivity contribution in [1.29, 1.82) is 0 Å². The van der Waals surface area contributed by atoms with Gasteiger partial charge in [0.25, 0.3) is 0 Å². The minimum Gasteiger partial charge on any atom is -0.480 e. The van der Waals surface area contributed by atoms with Crippen LogP contribution >= 0.6 is 0 Å². The number of carbonyl (C=O) groups is 1. The van der Waals surface area contributed by atoms with Crippen molar-refractivity contribution < 1.29 is 9.90 Å². The molecular formula is C9H15N3O2. The van der Waals surface area contributed by atoms with Crippen molar-refractivity contribution in [3.8, 4) is 0 Å². The van der Waals surface area contributed by atoms with Gasteiger partial charge in [-0.15, -0.1) is 0 Å². The maximum absolute atomic E-state index is 10.5. The zero-order chi connectivity index (χ0) is 10.7. The Hall–Kier alpha value is -1.36. The highest BCUT2D eigenvalue weighted by Crippen LogP contribution is 2.11. The third kappa shape index (κ3) is 2.32. The van der Waals surface area contributed by atoms with Gasteiger partial charge in [-0.2, -0.15) is 0 Å². The highest BCUT2D eigenvalue weighted by molar-refractivity contribution is 5.72. The second kappa shape index (κ2) is 4.23. The number of carboxylic acid groups (broad SMARTS) is 1. The number of aromatic nitrogens is 2. The average molecular weight is 197 g/mol. The van der Waals surface area contributed by atoms with Crippen molar-refractivity contribution in [2.45, 2.75) is 32.4 Å². The van der Waals surface area contributed by atoms with Gasteiger partial charge in [0.2, 0.25) is 0 Å². The number of nitrogens with zero attached hydrogens (tertiary/aromatic N) is 2. The van der Waals surface area contributed by atoms with Crippen LogP contribution in [0.1, 0.15) is 25.6 Å². The summed E-state index contributed by atoms with van der Waals surface area (Å²) in [5.74, 6) is 0.140. The molecule has 0 bridgehead atoms. The van der Waals surface area contributed by atoms with Gasteiger partial charge in [-0.05, 0) is 0 Å². The number of imidazole rings is 1. The van der Waals surface area contributed by atoms with Crippen molar-refractivity contribution in [1.82, 2.24) is 9.55 Å². The van der Waals surface area contributed by atoms with Crippen molar-refractivity contribution >= 4 is 5.97 Å². The molecule has 1 aromatic heterocycles. The van der Waals surface area contributed by atoms with Crippen molar-refractivity contribution in [3.63, 3.8) is 0 Å². The zero-order valence-electron chi connectivity index (χ0n) is 8.34. The molecule has 5 nitrogen and oxygen atoms in total. The van der Waals surface area contributed by atoms with E-state index in [1.807, 2.05) is 13.8 Å². The molecule has 0 saturated heterocycles. The van der Waals surface area contributed by atoms with E-state index in [0.29, 0.717) is 0 Å². The summed E-state index contributed by atoms with van der Waals surface area (Å²) < 4.78 is 1.78. The van der Waals surface area contributed by atoms with Crippen LogP contribution in [0.25, 0.3) is 0 Å².